The van der Waals surface area contributed by atoms with E-state index in [-0.39, 0.29) is 36.8 Å². The van der Waals surface area contributed by atoms with Crippen LogP contribution in [0.5, 0.6) is 0 Å². The lowest BCUT2D eigenvalue weighted by atomic mass is 9.63. The molecule has 1 aliphatic carbocycles. The first-order valence-corrected chi connectivity index (χ1v) is 8.19. The SMILES string of the molecule is C=C[C@@H]1C[C@@H](NC(C)=O)CC[C@H]1C(C#N)(C#N)CC#CCOC(C)=O. The van der Waals surface area contributed by atoms with Crippen molar-refractivity contribution in [2.75, 3.05) is 6.61 Å². The average Bonchev–Trinajstić information content (AvgIpc) is 2.58. The summed E-state index contributed by atoms with van der Waals surface area (Å²) < 4.78 is 4.73. The van der Waals surface area contributed by atoms with Gasteiger partial charge < -0.3 is 10.1 Å². The molecule has 0 aromatic carbocycles. The van der Waals surface area contributed by atoms with Crippen molar-refractivity contribution in [1.29, 1.82) is 10.5 Å². The zero-order chi connectivity index (χ0) is 18.9. The molecule has 3 atom stereocenters. The lowest BCUT2D eigenvalue weighted by Gasteiger charge is -2.39. The van der Waals surface area contributed by atoms with Crippen molar-refractivity contribution in [3.8, 4) is 24.0 Å². The molecule has 0 spiro atoms. The van der Waals surface area contributed by atoms with Crippen LogP contribution in [0.2, 0.25) is 0 Å². The summed E-state index contributed by atoms with van der Waals surface area (Å²) >= 11 is 0. The van der Waals surface area contributed by atoms with Crippen molar-refractivity contribution < 1.29 is 14.3 Å². The third-order valence-corrected chi connectivity index (χ3v) is 4.48. The van der Waals surface area contributed by atoms with Crippen molar-refractivity contribution in [3.63, 3.8) is 0 Å². The van der Waals surface area contributed by atoms with E-state index < -0.39 is 11.4 Å². The standard InChI is InChI=1S/C19H23N3O3/c1-4-16-11-17(22-14(2)23)7-8-18(16)19(12-20,13-21)9-5-6-10-25-15(3)24/h4,16-18H,1,7-11H2,2-3H3,(H,22,23)/t16-,17+,18-/m1/s1. The van der Waals surface area contributed by atoms with Crippen molar-refractivity contribution in [3.05, 3.63) is 12.7 Å². The van der Waals surface area contributed by atoms with E-state index in [0.29, 0.717) is 19.3 Å². The molecule has 0 aromatic heterocycles. The van der Waals surface area contributed by atoms with Crippen LogP contribution in [0.4, 0.5) is 0 Å². The fourth-order valence-electron chi connectivity index (χ4n) is 3.29. The minimum Gasteiger partial charge on any atom is -0.453 e. The molecule has 6 heteroatoms. The summed E-state index contributed by atoms with van der Waals surface area (Å²) in [4.78, 5) is 22.0. The Morgan fingerprint density at radius 2 is 1.96 bits per heavy atom. The monoisotopic (exact) mass is 341 g/mol. The van der Waals surface area contributed by atoms with Gasteiger partial charge in [0.2, 0.25) is 5.91 Å². The highest BCUT2D eigenvalue weighted by atomic mass is 16.5. The minimum atomic E-state index is -1.25. The maximum absolute atomic E-state index is 11.3. The number of hydrogen-bond donors (Lipinski definition) is 1. The summed E-state index contributed by atoms with van der Waals surface area (Å²) in [5.74, 6) is 4.69. The smallest absolute Gasteiger partial charge is 0.303 e. The molecule has 1 rings (SSSR count). The zero-order valence-electron chi connectivity index (χ0n) is 14.7. The van der Waals surface area contributed by atoms with Crippen LogP contribution < -0.4 is 5.32 Å². The Morgan fingerprint density at radius 1 is 1.28 bits per heavy atom. The predicted octanol–water partition coefficient (Wildman–Crippen LogP) is 2.08. The van der Waals surface area contributed by atoms with Gasteiger partial charge in [0, 0.05) is 26.3 Å². The minimum absolute atomic E-state index is 0.0295. The van der Waals surface area contributed by atoms with Gasteiger partial charge in [0.15, 0.2) is 12.0 Å². The number of esters is 1. The van der Waals surface area contributed by atoms with Crippen molar-refractivity contribution >= 4 is 11.9 Å². The molecule has 1 N–H and O–H groups in total. The van der Waals surface area contributed by atoms with E-state index in [4.69, 9.17) is 4.74 Å². The van der Waals surface area contributed by atoms with Gasteiger partial charge in [-0.1, -0.05) is 17.9 Å². The van der Waals surface area contributed by atoms with Gasteiger partial charge in [0.05, 0.1) is 12.1 Å². The van der Waals surface area contributed by atoms with E-state index >= 15 is 0 Å². The highest BCUT2D eigenvalue weighted by Crippen LogP contribution is 2.44. The summed E-state index contributed by atoms with van der Waals surface area (Å²) in [5.41, 5.74) is -1.25. The van der Waals surface area contributed by atoms with E-state index in [0.717, 1.165) is 0 Å². The predicted molar refractivity (Wildman–Crippen MR) is 91.3 cm³/mol. The summed E-state index contributed by atoms with van der Waals surface area (Å²) in [6.07, 6.45) is 3.84. The van der Waals surface area contributed by atoms with Gasteiger partial charge in [-0.25, -0.2) is 0 Å². The number of carbonyl (C=O) groups excluding carboxylic acids is 2. The zero-order valence-corrected chi connectivity index (χ0v) is 14.7. The molecule has 0 saturated heterocycles. The van der Waals surface area contributed by atoms with Crippen LogP contribution >= 0.6 is 0 Å². The number of nitrogens with one attached hydrogen (secondary N) is 1. The van der Waals surface area contributed by atoms with Gasteiger partial charge in [-0.15, -0.1) is 6.58 Å². The number of hydrogen-bond acceptors (Lipinski definition) is 5. The van der Waals surface area contributed by atoms with Crippen LogP contribution in [-0.2, 0) is 14.3 Å². The third-order valence-electron chi connectivity index (χ3n) is 4.48. The Kier molecular flexibility index (Phi) is 7.70. The Morgan fingerprint density at radius 3 is 2.48 bits per heavy atom. The summed E-state index contributed by atoms with van der Waals surface area (Å²) in [6, 6.07) is 4.33. The molecule has 0 radical (unpaired) electrons. The summed E-state index contributed by atoms with van der Waals surface area (Å²) in [7, 11) is 0. The van der Waals surface area contributed by atoms with E-state index in [1.165, 1.54) is 13.8 Å². The Balaban J connectivity index is 2.88. The molecule has 132 valence electrons. The fraction of sp³-hybridized carbons (Fsp3) is 0.579. The van der Waals surface area contributed by atoms with Crippen LogP contribution in [0.3, 0.4) is 0 Å². The topological polar surface area (TPSA) is 103 Å². The molecular weight excluding hydrogens is 318 g/mol. The first-order valence-electron chi connectivity index (χ1n) is 8.19. The molecule has 1 amide bonds. The van der Waals surface area contributed by atoms with E-state index in [1.807, 2.05) is 0 Å². The number of allylic oxidation sites excluding steroid dienone is 1. The number of ether oxygens (including phenoxy) is 1. The second-order valence-corrected chi connectivity index (χ2v) is 6.22. The first-order chi connectivity index (χ1) is 11.9. The molecule has 25 heavy (non-hydrogen) atoms. The fourth-order valence-corrected chi connectivity index (χ4v) is 3.29. The Labute approximate surface area is 148 Å². The molecule has 6 nitrogen and oxygen atoms in total. The largest absolute Gasteiger partial charge is 0.453 e. The maximum atomic E-state index is 11.3. The molecule has 0 aromatic rings. The molecule has 0 aliphatic heterocycles. The number of rotatable bonds is 5. The highest BCUT2D eigenvalue weighted by Gasteiger charge is 2.45. The molecule has 0 bridgehead atoms. The number of amides is 1. The van der Waals surface area contributed by atoms with Gasteiger partial charge in [-0.3, -0.25) is 9.59 Å². The lowest BCUT2D eigenvalue weighted by Crippen LogP contribution is -2.44. The number of carbonyl (C=O) groups is 2. The van der Waals surface area contributed by atoms with E-state index in [1.54, 1.807) is 6.08 Å². The Bertz CT molecular complexity index is 646. The van der Waals surface area contributed by atoms with Gasteiger partial charge in [-0.2, -0.15) is 10.5 Å². The van der Waals surface area contributed by atoms with Gasteiger partial charge in [0.25, 0.3) is 0 Å². The molecule has 1 saturated carbocycles. The third kappa shape index (κ3) is 5.66. The van der Waals surface area contributed by atoms with Crippen LogP contribution in [0, 0.1) is 51.8 Å². The second kappa shape index (κ2) is 9.50. The van der Waals surface area contributed by atoms with Gasteiger partial charge in [0.1, 0.15) is 0 Å². The first kappa shape index (κ1) is 20.3. The normalized spacial score (nSPS) is 22.3. The van der Waals surface area contributed by atoms with Gasteiger partial charge >= 0.3 is 5.97 Å². The summed E-state index contributed by atoms with van der Waals surface area (Å²) in [6.45, 7) is 6.55. The molecule has 0 heterocycles. The maximum Gasteiger partial charge on any atom is 0.303 e. The quantitative estimate of drug-likeness (QED) is 0.468. The average molecular weight is 341 g/mol. The second-order valence-electron chi connectivity index (χ2n) is 6.22. The van der Waals surface area contributed by atoms with Crippen molar-refractivity contribution in [1.82, 2.24) is 5.32 Å². The van der Waals surface area contributed by atoms with Gasteiger partial charge in [-0.05, 0) is 31.1 Å². The van der Waals surface area contributed by atoms with Crippen molar-refractivity contribution in [2.45, 2.75) is 45.6 Å². The molecular formula is C19H23N3O3. The summed E-state index contributed by atoms with van der Waals surface area (Å²) in [5, 5.41) is 22.2. The molecule has 0 unspecified atom stereocenters. The van der Waals surface area contributed by atoms with E-state index in [2.05, 4.69) is 35.9 Å². The van der Waals surface area contributed by atoms with Crippen LogP contribution in [-0.4, -0.2) is 24.5 Å². The molecule has 1 aliphatic rings. The number of nitriles is 2. The lowest BCUT2D eigenvalue weighted by molar-refractivity contribution is -0.139. The van der Waals surface area contributed by atoms with Crippen LogP contribution in [0.15, 0.2) is 12.7 Å². The molecule has 1 fully saturated rings. The number of nitrogens with zero attached hydrogens (tertiary/aromatic N) is 2. The van der Waals surface area contributed by atoms with Crippen molar-refractivity contribution in [2.24, 2.45) is 17.3 Å². The van der Waals surface area contributed by atoms with Crippen LogP contribution in [0.1, 0.15) is 39.5 Å². The Hall–Kier alpha value is -2.78. The van der Waals surface area contributed by atoms with E-state index in [9.17, 15) is 20.1 Å². The highest BCUT2D eigenvalue weighted by molar-refractivity contribution is 5.73. The van der Waals surface area contributed by atoms with Crippen LogP contribution in [0.25, 0.3) is 0 Å².